The lowest BCUT2D eigenvalue weighted by Gasteiger charge is -2.32. The Balaban J connectivity index is 1.17. The van der Waals surface area contributed by atoms with Gasteiger partial charge in [-0.05, 0) is 139 Å². The third-order valence-electron chi connectivity index (χ3n) is 18.2. The maximum atomic E-state index is 10.3. The van der Waals surface area contributed by atoms with E-state index in [0.717, 1.165) is 55.6 Å². The Hall–Kier alpha value is -9.63. The minimum atomic E-state index is -3.55. The molecule has 0 N–H and O–H groups in total. The van der Waals surface area contributed by atoms with Gasteiger partial charge < -0.3 is 18.6 Å². The summed E-state index contributed by atoms with van der Waals surface area (Å²) >= 11 is 0. The Morgan fingerprint density at radius 1 is 0.461 bits per heavy atom. The largest absolute Gasteiger partial charge is 0.435 e. The number of anilines is 6. The predicted octanol–water partition coefficient (Wildman–Crippen LogP) is 17.7. The van der Waals surface area contributed by atoms with E-state index >= 15 is 0 Å². The third-order valence-corrected chi connectivity index (χ3v) is 27.2. The molecule has 0 bridgehead atoms. The first-order chi connectivity index (χ1) is 42.5. The van der Waals surface area contributed by atoms with Crippen LogP contribution in [0.4, 0.5) is 39.8 Å². The van der Waals surface area contributed by atoms with E-state index in [1.165, 1.54) is 43.0 Å². The predicted molar refractivity (Wildman–Crippen MR) is 378 cm³/mol. The molecule has 2 aliphatic heterocycles. The second kappa shape index (κ2) is 20.7. The minimum absolute atomic E-state index is 0.0801. The number of benzene rings is 10. The van der Waals surface area contributed by atoms with Crippen molar-refractivity contribution in [3.63, 3.8) is 0 Å². The lowest BCUT2D eigenvalue weighted by Crippen LogP contribution is -2.70. The number of nitriles is 1. The van der Waals surface area contributed by atoms with Crippen molar-refractivity contribution in [2.75, 3.05) is 9.80 Å². The van der Waals surface area contributed by atoms with Gasteiger partial charge in [0.15, 0.2) is 24.9 Å². The van der Waals surface area contributed by atoms with Gasteiger partial charge >= 0.3 is 0 Å². The van der Waals surface area contributed by atoms with Gasteiger partial charge in [-0.25, -0.2) is 14.8 Å². The molecule has 2 aromatic heterocycles. The van der Waals surface area contributed by atoms with Crippen molar-refractivity contribution in [2.24, 2.45) is 0 Å². The highest BCUT2D eigenvalue weighted by Crippen LogP contribution is 2.51. The van der Waals surface area contributed by atoms with Gasteiger partial charge in [0, 0.05) is 45.0 Å². The summed E-state index contributed by atoms with van der Waals surface area (Å²) in [5.74, 6) is 0.800. The summed E-state index contributed by atoms with van der Waals surface area (Å²) in [5, 5.41) is 17.9. The van der Waals surface area contributed by atoms with Gasteiger partial charge in [-0.3, -0.25) is 0 Å². The molecule has 12 aromatic rings. The summed E-state index contributed by atoms with van der Waals surface area (Å²) in [6, 6.07) is 76.8. The van der Waals surface area contributed by atoms with E-state index < -0.39 is 24.2 Å². The molecule has 0 radical (unpaired) electrons. The molecular weight excluding hydrogens is 1140 g/mol. The van der Waals surface area contributed by atoms with Crippen molar-refractivity contribution in [1.29, 1.82) is 5.26 Å². The molecule has 0 fully saturated rings. The van der Waals surface area contributed by atoms with Gasteiger partial charge in [0.2, 0.25) is 11.8 Å². The van der Waals surface area contributed by atoms with Gasteiger partial charge in [-0.15, -0.1) is 0 Å². The normalized spacial score (nSPS) is 13.2. The van der Waals surface area contributed by atoms with Crippen LogP contribution >= 0.6 is 0 Å². The summed E-state index contributed by atoms with van der Waals surface area (Å²) in [7, 11) is -6.99. The molecule has 0 amide bonds. The monoisotopic (exact) mass is 1210 g/mol. The van der Waals surface area contributed by atoms with Crippen LogP contribution in [-0.2, 0) is 10.8 Å². The summed E-state index contributed by atoms with van der Waals surface area (Å²) in [6.45, 7) is 36.0. The molecule has 0 unspecified atom stereocenters. The molecule has 11 heteroatoms. The molecule has 4 heterocycles. The van der Waals surface area contributed by atoms with Crippen molar-refractivity contribution in [3.8, 4) is 51.2 Å². The summed E-state index contributed by atoms with van der Waals surface area (Å²) < 4.78 is 15.1. The molecule has 0 aliphatic carbocycles. The molecule has 0 saturated heterocycles. The fourth-order valence-corrected chi connectivity index (χ4v) is 21.4. The zero-order valence-electron chi connectivity index (χ0n) is 52.6. The number of nitrogens with zero attached hydrogens (tertiary/aromatic N) is 6. The number of aromatic nitrogens is 2. The highest BCUT2D eigenvalue weighted by molar-refractivity contribution is 7.24. The lowest BCUT2D eigenvalue weighted by atomic mass is 9.87. The molecule has 8 nitrogen and oxygen atoms in total. The van der Waals surface area contributed by atoms with Crippen LogP contribution in [0.2, 0.25) is 39.3 Å². The lowest BCUT2D eigenvalue weighted by molar-refractivity contribution is 0.590. The summed E-state index contributed by atoms with van der Waals surface area (Å²) in [4.78, 5) is 19.9. The smallest absolute Gasteiger partial charge is 0.227 e. The van der Waals surface area contributed by atoms with Crippen LogP contribution in [0.25, 0.3) is 72.2 Å². The zero-order valence-corrected chi connectivity index (χ0v) is 55.6. The highest BCUT2D eigenvalue weighted by atomic mass is 28.3. The average Bonchev–Trinajstić information content (AvgIpc) is 1.49. The molecule has 10 aromatic carbocycles. The van der Waals surface area contributed by atoms with E-state index in [9.17, 15) is 5.26 Å². The molecule has 436 valence electrons. The second-order valence-corrected chi connectivity index (χ2v) is 41.9. The zero-order chi connectivity index (χ0) is 62.1. The Morgan fingerprint density at radius 2 is 0.854 bits per heavy atom. The van der Waals surface area contributed by atoms with Gasteiger partial charge in [-0.1, -0.05) is 213 Å². The highest BCUT2D eigenvalue weighted by Gasteiger charge is 2.57. The summed E-state index contributed by atoms with van der Waals surface area (Å²) in [5.41, 5.74) is 17.1. The van der Waals surface area contributed by atoms with Crippen LogP contribution in [0.1, 0.15) is 58.2 Å². The molecule has 14 rings (SSSR count). The Kier molecular flexibility index (Phi) is 13.3. The van der Waals surface area contributed by atoms with Crippen molar-refractivity contribution >= 4 is 117 Å². The van der Waals surface area contributed by atoms with E-state index in [0.29, 0.717) is 56.4 Å². The first-order valence-corrected chi connectivity index (χ1v) is 39.7. The van der Waals surface area contributed by atoms with E-state index in [-0.39, 0.29) is 10.8 Å². The quantitative estimate of drug-likeness (QED) is 0.0996. The molecule has 1 spiro atoms. The average molecular weight is 1210 g/mol. The van der Waals surface area contributed by atoms with Gasteiger partial charge in [0.05, 0.1) is 45.7 Å². The number of rotatable bonds is 10. The number of fused-ring (bicyclic) bond motifs is 14. The van der Waals surface area contributed by atoms with Crippen LogP contribution in [-0.4, -0.2) is 34.2 Å². The second-order valence-electron chi connectivity index (χ2n) is 28.1. The Bertz CT molecular complexity index is 4480. The standard InChI is InChI=1S/C78H70N6O2Si3/c1-77(2,3)52-28-32-55(33-29-52)83(57-36-40-59(41-37-57)87(8,9)10)63-46-67-69(73-71(63)81-75(85-73)50-21-18-20-49(44-50)48-79)70-68(89(67)65-26-16-14-24-61(65)62-25-15-17-27-66(62)89)47-64(72-74(70)86-76(82-72)51-22-19-23-54(45-51)80-7)84(56-34-30-53(31-35-56)78(4,5)6)58-38-42-60(43-39-58)88(11,12)13/h14-47H,1-6,8-13H3. The topological polar surface area (TPSA) is 86.7 Å². The van der Waals surface area contributed by atoms with Crippen molar-refractivity contribution in [3.05, 3.63) is 234 Å². The van der Waals surface area contributed by atoms with Crippen LogP contribution < -0.4 is 40.9 Å². The van der Waals surface area contributed by atoms with Gasteiger partial charge in [0.1, 0.15) is 11.0 Å². The molecule has 0 atom stereocenters. The first kappa shape index (κ1) is 57.1. The van der Waals surface area contributed by atoms with E-state index in [2.05, 4.69) is 259 Å². The van der Waals surface area contributed by atoms with Gasteiger partial charge in [0.25, 0.3) is 0 Å². The maximum Gasteiger partial charge on any atom is 0.227 e. The minimum Gasteiger partial charge on any atom is -0.435 e. The van der Waals surface area contributed by atoms with E-state index in [1.807, 2.05) is 48.5 Å². The van der Waals surface area contributed by atoms with Crippen molar-refractivity contribution in [2.45, 2.75) is 91.7 Å². The summed E-state index contributed by atoms with van der Waals surface area (Å²) in [6.07, 6.45) is 0. The van der Waals surface area contributed by atoms with Crippen molar-refractivity contribution in [1.82, 2.24) is 9.97 Å². The van der Waals surface area contributed by atoms with E-state index in [4.69, 9.17) is 25.4 Å². The Morgan fingerprint density at radius 3 is 1.25 bits per heavy atom. The fourth-order valence-electron chi connectivity index (χ4n) is 13.5. The molecular formula is C78H70N6O2Si3. The Labute approximate surface area is 525 Å². The van der Waals surface area contributed by atoms with E-state index in [1.54, 1.807) is 0 Å². The van der Waals surface area contributed by atoms with Crippen LogP contribution in [0.3, 0.4) is 0 Å². The number of hydrogen-bond donors (Lipinski definition) is 0. The van der Waals surface area contributed by atoms with Crippen molar-refractivity contribution < 1.29 is 8.83 Å². The fraction of sp³-hybridized carbons (Fsp3) is 0.179. The third kappa shape index (κ3) is 9.41. The van der Waals surface area contributed by atoms with Crippen LogP contribution in [0, 0.1) is 17.9 Å². The molecule has 2 aliphatic rings. The number of oxazole rings is 2. The number of hydrogen-bond acceptors (Lipinski definition) is 7. The van der Waals surface area contributed by atoms with Crippen LogP contribution in [0.5, 0.6) is 0 Å². The van der Waals surface area contributed by atoms with Gasteiger partial charge in [-0.2, -0.15) is 5.26 Å². The molecule has 0 saturated carbocycles. The first-order valence-electron chi connectivity index (χ1n) is 30.7. The SMILES string of the molecule is [C-]#[N+]c1cccc(-c2nc3c(N(c4ccc(C(C)(C)C)cc4)c4ccc([Si](C)(C)C)cc4)cc4c(c3o2)-c2c(cc(N(c3ccc(C(C)(C)C)cc3)c3ccc([Si](C)(C)C)cc3)c3nc(-c5cccc(C#N)c5)oc23)[Si]42c3ccccc3-c3ccccc32)c1. The molecule has 89 heavy (non-hydrogen) atoms. The maximum absolute atomic E-state index is 10.3. The van der Waals surface area contributed by atoms with Crippen LogP contribution in [0.15, 0.2) is 215 Å².